The fourth-order valence-corrected chi connectivity index (χ4v) is 2.95. The maximum atomic E-state index is 5.53. The lowest BCUT2D eigenvalue weighted by atomic mass is 10.1. The molecule has 1 rings (SSSR count). The van der Waals surface area contributed by atoms with E-state index in [4.69, 9.17) is 15.3 Å². The minimum absolute atomic E-state index is 0.253. The number of hydrogen-bond donors (Lipinski definition) is 2. The minimum Gasteiger partial charge on any atom is -0.382 e. The molecule has 0 aliphatic rings. The van der Waals surface area contributed by atoms with Crippen LogP contribution >= 0.6 is 27.3 Å². The van der Waals surface area contributed by atoms with Gasteiger partial charge in [-0.25, -0.2) is 0 Å². The van der Waals surface area contributed by atoms with E-state index in [0.29, 0.717) is 19.8 Å². The molecule has 0 aromatic carbocycles. The SMILES string of the molecule is COCCOCCC(Cc1cc(Br)cs1)NN. The van der Waals surface area contributed by atoms with Gasteiger partial charge < -0.3 is 9.47 Å². The van der Waals surface area contributed by atoms with Crippen LogP contribution in [0.1, 0.15) is 11.3 Å². The lowest BCUT2D eigenvalue weighted by Crippen LogP contribution is -2.37. The molecule has 3 N–H and O–H groups in total. The first-order valence-corrected chi connectivity index (χ1v) is 7.19. The van der Waals surface area contributed by atoms with Gasteiger partial charge in [-0.2, -0.15) is 0 Å². The smallest absolute Gasteiger partial charge is 0.0700 e. The maximum Gasteiger partial charge on any atom is 0.0700 e. The first-order valence-electron chi connectivity index (χ1n) is 5.52. The lowest BCUT2D eigenvalue weighted by Gasteiger charge is -2.14. The van der Waals surface area contributed by atoms with Crippen molar-refractivity contribution in [2.75, 3.05) is 26.9 Å². The highest BCUT2D eigenvalue weighted by Crippen LogP contribution is 2.21. The first kappa shape index (κ1) is 15.1. The Hall–Kier alpha value is 0.0200. The third kappa shape index (κ3) is 6.49. The molecule has 1 atom stereocenters. The van der Waals surface area contributed by atoms with Gasteiger partial charge in [0.25, 0.3) is 0 Å². The summed E-state index contributed by atoms with van der Waals surface area (Å²) in [4.78, 5) is 1.32. The van der Waals surface area contributed by atoms with E-state index < -0.39 is 0 Å². The molecular formula is C11H19BrN2O2S. The van der Waals surface area contributed by atoms with Crippen LogP contribution in [0.25, 0.3) is 0 Å². The molecule has 0 saturated heterocycles. The largest absolute Gasteiger partial charge is 0.382 e. The Morgan fingerprint density at radius 1 is 1.47 bits per heavy atom. The van der Waals surface area contributed by atoms with Crippen molar-refractivity contribution in [2.24, 2.45) is 5.84 Å². The van der Waals surface area contributed by atoms with Crippen LogP contribution in [0, 0.1) is 0 Å². The third-order valence-electron chi connectivity index (χ3n) is 2.35. The molecule has 6 heteroatoms. The Kier molecular flexibility index (Phi) is 8.00. The molecule has 0 fully saturated rings. The van der Waals surface area contributed by atoms with Crippen LogP contribution in [0.5, 0.6) is 0 Å². The Bertz CT molecular complexity index is 309. The van der Waals surface area contributed by atoms with Gasteiger partial charge in [-0.3, -0.25) is 11.3 Å². The first-order chi connectivity index (χ1) is 8.26. The van der Waals surface area contributed by atoms with Crippen LogP contribution < -0.4 is 11.3 Å². The highest BCUT2D eigenvalue weighted by Gasteiger charge is 2.09. The third-order valence-corrected chi connectivity index (χ3v) is 4.07. The van der Waals surface area contributed by atoms with Gasteiger partial charge in [0.1, 0.15) is 0 Å². The molecule has 0 bridgehead atoms. The van der Waals surface area contributed by atoms with Gasteiger partial charge >= 0.3 is 0 Å². The highest BCUT2D eigenvalue weighted by atomic mass is 79.9. The molecule has 1 unspecified atom stereocenters. The second-order valence-electron chi connectivity index (χ2n) is 3.69. The molecule has 0 radical (unpaired) electrons. The van der Waals surface area contributed by atoms with Gasteiger partial charge in [-0.05, 0) is 34.8 Å². The lowest BCUT2D eigenvalue weighted by molar-refractivity contribution is 0.0658. The fraction of sp³-hybridized carbons (Fsp3) is 0.636. The number of nitrogens with two attached hydrogens (primary N) is 1. The number of nitrogens with one attached hydrogen (secondary N) is 1. The second kappa shape index (κ2) is 9.02. The van der Waals surface area contributed by atoms with Gasteiger partial charge in [0.2, 0.25) is 0 Å². The number of hydrazine groups is 1. The summed E-state index contributed by atoms with van der Waals surface area (Å²) in [6.07, 6.45) is 1.83. The van der Waals surface area contributed by atoms with Gasteiger partial charge in [0, 0.05) is 34.5 Å². The number of rotatable bonds is 9. The summed E-state index contributed by atoms with van der Waals surface area (Å²) in [6, 6.07) is 2.38. The van der Waals surface area contributed by atoms with Crippen molar-refractivity contribution in [3.8, 4) is 0 Å². The van der Waals surface area contributed by atoms with Crippen molar-refractivity contribution < 1.29 is 9.47 Å². The molecule has 0 aliphatic heterocycles. The summed E-state index contributed by atoms with van der Waals surface area (Å²) in [5.74, 6) is 5.53. The Balaban J connectivity index is 2.19. The van der Waals surface area contributed by atoms with E-state index in [1.54, 1.807) is 18.4 Å². The number of hydrogen-bond acceptors (Lipinski definition) is 5. The quantitative estimate of drug-likeness (QED) is 0.414. The zero-order valence-corrected chi connectivity index (χ0v) is 12.4. The molecule has 17 heavy (non-hydrogen) atoms. The average molecular weight is 323 g/mol. The van der Waals surface area contributed by atoms with Crippen LogP contribution in [0.4, 0.5) is 0 Å². The molecule has 1 aromatic rings. The molecule has 1 heterocycles. The number of thiophene rings is 1. The minimum atomic E-state index is 0.253. The zero-order valence-electron chi connectivity index (χ0n) is 9.95. The Morgan fingerprint density at radius 3 is 2.88 bits per heavy atom. The van der Waals surface area contributed by atoms with Crippen LogP contribution in [0.15, 0.2) is 15.9 Å². The summed E-state index contributed by atoms with van der Waals surface area (Å²) >= 11 is 5.18. The van der Waals surface area contributed by atoms with Crippen molar-refractivity contribution >= 4 is 27.3 Å². The molecular weight excluding hydrogens is 304 g/mol. The molecule has 0 saturated carbocycles. The van der Waals surface area contributed by atoms with Crippen molar-refractivity contribution in [2.45, 2.75) is 18.9 Å². The van der Waals surface area contributed by atoms with Crippen molar-refractivity contribution in [1.29, 1.82) is 0 Å². The maximum absolute atomic E-state index is 5.53. The normalized spacial score (nSPS) is 12.9. The van der Waals surface area contributed by atoms with E-state index in [0.717, 1.165) is 17.3 Å². The predicted molar refractivity (Wildman–Crippen MR) is 74.1 cm³/mol. The zero-order chi connectivity index (χ0) is 12.5. The highest BCUT2D eigenvalue weighted by molar-refractivity contribution is 9.10. The van der Waals surface area contributed by atoms with E-state index >= 15 is 0 Å². The summed E-state index contributed by atoms with van der Waals surface area (Å²) in [6.45, 7) is 1.97. The van der Waals surface area contributed by atoms with E-state index in [1.165, 1.54) is 4.88 Å². The van der Waals surface area contributed by atoms with Crippen LogP contribution in [-0.4, -0.2) is 33.0 Å². The summed E-state index contributed by atoms with van der Waals surface area (Å²) < 4.78 is 11.5. The molecule has 4 nitrogen and oxygen atoms in total. The Labute approximate surface area is 115 Å². The van der Waals surface area contributed by atoms with Crippen LogP contribution in [-0.2, 0) is 15.9 Å². The molecule has 0 amide bonds. The second-order valence-corrected chi connectivity index (χ2v) is 5.60. The van der Waals surface area contributed by atoms with Gasteiger partial charge in [0.05, 0.1) is 13.2 Å². The molecule has 1 aromatic heterocycles. The van der Waals surface area contributed by atoms with E-state index in [1.807, 2.05) is 0 Å². The standard InChI is InChI=1S/C11H19BrN2O2S/c1-15-4-5-16-3-2-10(14-13)7-11-6-9(12)8-17-11/h6,8,10,14H,2-5,7,13H2,1H3. The average Bonchev–Trinajstić information content (AvgIpc) is 2.73. The van der Waals surface area contributed by atoms with Crippen molar-refractivity contribution in [3.63, 3.8) is 0 Å². The number of methoxy groups -OCH3 is 1. The molecule has 0 spiro atoms. The van der Waals surface area contributed by atoms with Crippen LogP contribution in [0.2, 0.25) is 0 Å². The molecule has 0 aliphatic carbocycles. The number of ether oxygens (including phenoxy) is 2. The number of halogens is 1. The predicted octanol–water partition coefficient (Wildman–Crippen LogP) is 1.94. The van der Waals surface area contributed by atoms with Crippen LogP contribution in [0.3, 0.4) is 0 Å². The van der Waals surface area contributed by atoms with Gasteiger partial charge in [0.15, 0.2) is 0 Å². The van der Waals surface area contributed by atoms with E-state index in [-0.39, 0.29) is 6.04 Å². The summed E-state index contributed by atoms with van der Waals surface area (Å²) in [7, 11) is 1.67. The van der Waals surface area contributed by atoms with E-state index in [2.05, 4.69) is 32.8 Å². The van der Waals surface area contributed by atoms with Gasteiger partial charge in [-0.15, -0.1) is 11.3 Å². The van der Waals surface area contributed by atoms with E-state index in [9.17, 15) is 0 Å². The summed E-state index contributed by atoms with van der Waals surface area (Å²) in [5.41, 5.74) is 2.83. The molecule has 98 valence electrons. The fourth-order valence-electron chi connectivity index (χ4n) is 1.42. The van der Waals surface area contributed by atoms with Crippen molar-refractivity contribution in [1.82, 2.24) is 5.43 Å². The summed E-state index contributed by atoms with van der Waals surface area (Å²) in [5, 5.41) is 2.08. The topological polar surface area (TPSA) is 56.5 Å². The Morgan fingerprint density at radius 2 is 2.29 bits per heavy atom. The van der Waals surface area contributed by atoms with Gasteiger partial charge in [-0.1, -0.05) is 0 Å². The van der Waals surface area contributed by atoms with Crippen molar-refractivity contribution in [3.05, 3.63) is 20.8 Å². The monoisotopic (exact) mass is 322 g/mol.